The second-order valence-electron chi connectivity index (χ2n) is 5.44. The van der Waals surface area contributed by atoms with Crippen molar-refractivity contribution < 1.29 is 4.79 Å². The van der Waals surface area contributed by atoms with Crippen molar-refractivity contribution in [3.63, 3.8) is 0 Å². The van der Waals surface area contributed by atoms with Crippen LogP contribution >= 0.6 is 15.9 Å². The van der Waals surface area contributed by atoms with Crippen LogP contribution < -0.4 is 5.32 Å². The number of carbonyl (C=O) groups is 1. The Morgan fingerprint density at radius 3 is 2.39 bits per heavy atom. The fourth-order valence-corrected chi connectivity index (χ4v) is 3.84. The Bertz CT molecular complexity index is 435. The molecule has 1 amide bonds. The Morgan fingerprint density at radius 1 is 1.17 bits per heavy atom. The van der Waals surface area contributed by atoms with Gasteiger partial charge in [0.15, 0.2) is 0 Å². The average Bonchev–Trinajstić information content (AvgIpc) is 2.96. The number of fused-ring (bicyclic) bond motifs is 1. The zero-order valence-corrected chi connectivity index (χ0v) is 11.9. The number of halogens is 1. The Hall–Kier alpha value is -0.830. The molecule has 1 saturated carbocycles. The van der Waals surface area contributed by atoms with E-state index in [2.05, 4.69) is 45.5 Å². The average molecular weight is 308 g/mol. The lowest BCUT2D eigenvalue weighted by molar-refractivity contribution is -0.125. The van der Waals surface area contributed by atoms with Crippen molar-refractivity contribution in [2.45, 2.75) is 43.0 Å². The first-order valence-electron chi connectivity index (χ1n) is 6.75. The first-order valence-corrected chi connectivity index (χ1v) is 7.67. The van der Waals surface area contributed by atoms with Gasteiger partial charge in [0.1, 0.15) is 0 Å². The van der Waals surface area contributed by atoms with Crippen molar-refractivity contribution in [1.82, 2.24) is 5.32 Å². The molecule has 0 bridgehead atoms. The first-order chi connectivity index (χ1) is 8.74. The molecule has 1 fully saturated rings. The number of benzene rings is 1. The van der Waals surface area contributed by atoms with Crippen molar-refractivity contribution in [3.8, 4) is 0 Å². The summed E-state index contributed by atoms with van der Waals surface area (Å²) in [5, 5.41) is 3.22. The molecule has 2 nitrogen and oxygen atoms in total. The van der Waals surface area contributed by atoms with E-state index >= 15 is 0 Å². The van der Waals surface area contributed by atoms with Gasteiger partial charge in [0, 0.05) is 16.8 Å². The predicted octanol–water partition coefficient (Wildman–Crippen LogP) is 2.83. The van der Waals surface area contributed by atoms with Crippen molar-refractivity contribution in [3.05, 3.63) is 35.4 Å². The van der Waals surface area contributed by atoms with Gasteiger partial charge in [-0.25, -0.2) is 0 Å². The molecule has 0 aliphatic heterocycles. The minimum atomic E-state index is 0.141. The molecular formula is C15H18BrNO. The molecule has 1 N–H and O–H groups in total. The van der Waals surface area contributed by atoms with Gasteiger partial charge < -0.3 is 5.32 Å². The maximum absolute atomic E-state index is 12.3. The van der Waals surface area contributed by atoms with E-state index in [-0.39, 0.29) is 11.8 Å². The minimum absolute atomic E-state index is 0.141. The van der Waals surface area contributed by atoms with Gasteiger partial charge in [-0.15, -0.1) is 0 Å². The van der Waals surface area contributed by atoms with E-state index in [1.54, 1.807) is 0 Å². The molecule has 96 valence electrons. The van der Waals surface area contributed by atoms with Gasteiger partial charge >= 0.3 is 0 Å². The first kappa shape index (κ1) is 12.2. The third-order valence-corrected chi connectivity index (χ3v) is 5.28. The molecule has 0 radical (unpaired) electrons. The van der Waals surface area contributed by atoms with Crippen molar-refractivity contribution in [2.24, 2.45) is 5.92 Å². The van der Waals surface area contributed by atoms with Gasteiger partial charge in [-0.3, -0.25) is 4.79 Å². The predicted molar refractivity (Wildman–Crippen MR) is 75.8 cm³/mol. The molecule has 18 heavy (non-hydrogen) atoms. The van der Waals surface area contributed by atoms with Crippen LogP contribution in [0.5, 0.6) is 0 Å². The largest absolute Gasteiger partial charge is 0.352 e. The zero-order chi connectivity index (χ0) is 12.5. The topological polar surface area (TPSA) is 29.1 Å². The van der Waals surface area contributed by atoms with E-state index in [1.165, 1.54) is 24.0 Å². The van der Waals surface area contributed by atoms with Crippen LogP contribution in [0.3, 0.4) is 0 Å². The molecule has 0 aromatic heterocycles. The maximum Gasteiger partial charge on any atom is 0.224 e. The van der Waals surface area contributed by atoms with Gasteiger partial charge in [-0.2, -0.15) is 0 Å². The molecule has 3 heteroatoms. The van der Waals surface area contributed by atoms with E-state index in [9.17, 15) is 4.79 Å². The number of hydrogen-bond acceptors (Lipinski definition) is 1. The number of alkyl halides is 1. The SMILES string of the molecule is O=C(NC1CCCC1Br)C1Cc2ccccc2C1. The summed E-state index contributed by atoms with van der Waals surface area (Å²) in [6.07, 6.45) is 5.31. The third kappa shape index (κ3) is 2.33. The summed E-state index contributed by atoms with van der Waals surface area (Å²) in [6.45, 7) is 0. The van der Waals surface area contributed by atoms with Gasteiger partial charge in [-0.1, -0.05) is 46.6 Å². The second-order valence-corrected chi connectivity index (χ2v) is 6.61. The van der Waals surface area contributed by atoms with Crippen LogP contribution in [0, 0.1) is 5.92 Å². The molecule has 0 spiro atoms. The molecular weight excluding hydrogens is 290 g/mol. The Balaban J connectivity index is 1.62. The van der Waals surface area contributed by atoms with Crippen LogP contribution in [-0.4, -0.2) is 16.8 Å². The monoisotopic (exact) mass is 307 g/mol. The molecule has 0 heterocycles. The number of rotatable bonds is 2. The van der Waals surface area contributed by atoms with Crippen LogP contribution in [0.1, 0.15) is 30.4 Å². The summed E-state index contributed by atoms with van der Waals surface area (Å²) in [4.78, 5) is 12.7. The fraction of sp³-hybridized carbons (Fsp3) is 0.533. The quantitative estimate of drug-likeness (QED) is 0.836. The number of carbonyl (C=O) groups excluding carboxylic acids is 1. The molecule has 2 aliphatic carbocycles. The van der Waals surface area contributed by atoms with Crippen LogP contribution in [0.15, 0.2) is 24.3 Å². The Labute approximate surface area is 116 Å². The van der Waals surface area contributed by atoms with Crippen molar-refractivity contribution >= 4 is 21.8 Å². The van der Waals surface area contributed by atoms with Gasteiger partial charge in [0.05, 0.1) is 0 Å². The standard InChI is InChI=1S/C15H18BrNO/c16-13-6-3-7-14(13)17-15(18)12-8-10-4-1-2-5-11(10)9-12/h1-2,4-5,12-14H,3,6-9H2,(H,17,18). The highest BCUT2D eigenvalue weighted by Gasteiger charge is 2.31. The molecule has 1 aromatic rings. The maximum atomic E-state index is 12.3. The summed E-state index contributed by atoms with van der Waals surface area (Å²) < 4.78 is 0. The lowest BCUT2D eigenvalue weighted by Crippen LogP contribution is -2.41. The molecule has 3 rings (SSSR count). The molecule has 2 atom stereocenters. The van der Waals surface area contributed by atoms with Gasteiger partial charge in [-0.05, 0) is 36.8 Å². The van der Waals surface area contributed by atoms with Crippen LogP contribution in [0.4, 0.5) is 0 Å². The third-order valence-electron chi connectivity index (χ3n) is 4.18. The van der Waals surface area contributed by atoms with E-state index in [1.807, 2.05) is 0 Å². The molecule has 0 saturated heterocycles. The summed E-state index contributed by atoms with van der Waals surface area (Å²) in [5.41, 5.74) is 2.69. The minimum Gasteiger partial charge on any atom is -0.352 e. The molecule has 1 aromatic carbocycles. The normalized spacial score (nSPS) is 27.2. The fourth-order valence-electron chi connectivity index (χ4n) is 3.12. The zero-order valence-electron chi connectivity index (χ0n) is 10.4. The molecule has 2 aliphatic rings. The second kappa shape index (κ2) is 5.04. The van der Waals surface area contributed by atoms with E-state index < -0.39 is 0 Å². The summed E-state index contributed by atoms with van der Waals surface area (Å²) in [7, 11) is 0. The van der Waals surface area contributed by atoms with E-state index in [0.717, 1.165) is 19.3 Å². The lowest BCUT2D eigenvalue weighted by atomic mass is 10.0. The molecule has 2 unspecified atom stereocenters. The smallest absolute Gasteiger partial charge is 0.224 e. The van der Waals surface area contributed by atoms with Crippen LogP contribution in [0.2, 0.25) is 0 Å². The number of hydrogen-bond donors (Lipinski definition) is 1. The summed E-state index contributed by atoms with van der Waals surface area (Å²) >= 11 is 3.66. The number of nitrogens with one attached hydrogen (secondary N) is 1. The Morgan fingerprint density at radius 2 is 1.83 bits per heavy atom. The lowest BCUT2D eigenvalue weighted by Gasteiger charge is -2.18. The van der Waals surface area contributed by atoms with Gasteiger partial charge in [0.2, 0.25) is 5.91 Å². The van der Waals surface area contributed by atoms with Crippen molar-refractivity contribution in [1.29, 1.82) is 0 Å². The Kier molecular flexibility index (Phi) is 3.42. The van der Waals surface area contributed by atoms with Crippen LogP contribution in [-0.2, 0) is 17.6 Å². The highest BCUT2D eigenvalue weighted by atomic mass is 79.9. The number of amides is 1. The highest BCUT2D eigenvalue weighted by Crippen LogP contribution is 2.29. The van der Waals surface area contributed by atoms with E-state index in [4.69, 9.17) is 0 Å². The van der Waals surface area contributed by atoms with Crippen molar-refractivity contribution in [2.75, 3.05) is 0 Å². The van der Waals surface area contributed by atoms with Crippen LogP contribution in [0.25, 0.3) is 0 Å². The summed E-state index contributed by atoms with van der Waals surface area (Å²) in [6, 6.07) is 8.74. The van der Waals surface area contributed by atoms with Gasteiger partial charge in [0.25, 0.3) is 0 Å². The summed E-state index contributed by atoms with van der Waals surface area (Å²) in [5.74, 6) is 0.380. The highest BCUT2D eigenvalue weighted by molar-refractivity contribution is 9.09. The van der Waals surface area contributed by atoms with E-state index in [0.29, 0.717) is 10.9 Å².